The molecule has 0 aromatic carbocycles. The van der Waals surface area contributed by atoms with Crippen molar-refractivity contribution in [3.8, 4) is 0 Å². The van der Waals surface area contributed by atoms with E-state index in [0.29, 0.717) is 18.5 Å². The molecule has 4 atom stereocenters. The monoisotopic (exact) mass is 436 g/mol. The van der Waals surface area contributed by atoms with Gasteiger partial charge in [0.05, 0.1) is 12.4 Å². The Hall–Kier alpha value is -2.95. The fraction of sp³-hybridized carbons (Fsp3) is 0.650. The standard InChI is InChI=1S/C20H32N6O5/c1-11(2)7-15(18(28)24-12(3)20(30)31)25-19(29)16(8-13-9-21-10-23-13)26-17(27)14-5-4-6-22-14/h9-12,14-16,22H,4-8H2,1-3H3,(H,21,23)(H,24,28)(H,25,29)(H,26,27)(H,30,31). The minimum Gasteiger partial charge on any atom is -0.480 e. The molecule has 11 heteroatoms. The molecule has 1 aromatic heterocycles. The molecule has 1 aliphatic heterocycles. The number of aromatic amines is 1. The van der Waals surface area contributed by atoms with Crippen molar-refractivity contribution >= 4 is 23.7 Å². The lowest BCUT2D eigenvalue weighted by molar-refractivity contribution is -0.142. The Bertz CT molecular complexity index is 760. The average molecular weight is 437 g/mol. The van der Waals surface area contributed by atoms with Gasteiger partial charge < -0.3 is 31.4 Å². The normalized spacial score (nSPS) is 18.8. The Kier molecular flexibility index (Phi) is 8.98. The molecule has 1 fully saturated rings. The van der Waals surface area contributed by atoms with Crippen LogP contribution in [0.2, 0.25) is 0 Å². The number of carbonyl (C=O) groups excluding carboxylic acids is 3. The van der Waals surface area contributed by atoms with Crippen molar-refractivity contribution in [1.29, 1.82) is 0 Å². The molecule has 0 radical (unpaired) electrons. The summed E-state index contributed by atoms with van der Waals surface area (Å²) in [4.78, 5) is 56.2. The van der Waals surface area contributed by atoms with Crippen LogP contribution in [0.5, 0.6) is 0 Å². The highest BCUT2D eigenvalue weighted by Crippen LogP contribution is 2.09. The van der Waals surface area contributed by atoms with Crippen LogP contribution in [0.4, 0.5) is 0 Å². The average Bonchev–Trinajstić information content (AvgIpc) is 3.40. The summed E-state index contributed by atoms with van der Waals surface area (Å²) in [6, 6.07) is -3.30. The summed E-state index contributed by atoms with van der Waals surface area (Å²) in [6.07, 6.45) is 5.11. The molecule has 0 aliphatic carbocycles. The van der Waals surface area contributed by atoms with Crippen molar-refractivity contribution in [2.75, 3.05) is 6.54 Å². The van der Waals surface area contributed by atoms with Crippen molar-refractivity contribution < 1.29 is 24.3 Å². The third-order valence-electron chi connectivity index (χ3n) is 5.06. The van der Waals surface area contributed by atoms with E-state index in [1.807, 2.05) is 13.8 Å². The van der Waals surface area contributed by atoms with E-state index in [4.69, 9.17) is 5.11 Å². The predicted octanol–water partition coefficient (Wildman–Crippen LogP) is -0.691. The number of carbonyl (C=O) groups is 4. The number of hydrogen-bond acceptors (Lipinski definition) is 6. The maximum atomic E-state index is 13.1. The summed E-state index contributed by atoms with van der Waals surface area (Å²) in [6.45, 7) is 5.88. The van der Waals surface area contributed by atoms with E-state index in [9.17, 15) is 19.2 Å². The molecule has 2 rings (SSSR count). The number of carboxylic acids is 1. The summed E-state index contributed by atoms with van der Waals surface area (Å²) in [5.74, 6) is -2.48. The fourth-order valence-corrected chi connectivity index (χ4v) is 3.36. The van der Waals surface area contributed by atoms with E-state index in [2.05, 4.69) is 31.2 Å². The molecule has 1 saturated heterocycles. The third-order valence-corrected chi connectivity index (χ3v) is 5.06. The first-order valence-corrected chi connectivity index (χ1v) is 10.5. The SMILES string of the molecule is CC(C)CC(NC(=O)C(Cc1cnc[nH]1)NC(=O)C1CCCN1)C(=O)NC(C)C(=O)O. The van der Waals surface area contributed by atoms with Crippen molar-refractivity contribution in [2.45, 2.75) is 70.6 Å². The van der Waals surface area contributed by atoms with E-state index in [0.717, 1.165) is 13.0 Å². The highest BCUT2D eigenvalue weighted by molar-refractivity contribution is 5.94. The smallest absolute Gasteiger partial charge is 0.325 e. The summed E-state index contributed by atoms with van der Waals surface area (Å²) in [7, 11) is 0. The molecule has 0 saturated carbocycles. The van der Waals surface area contributed by atoms with Gasteiger partial charge in [-0.3, -0.25) is 19.2 Å². The Morgan fingerprint density at radius 1 is 1.13 bits per heavy atom. The maximum Gasteiger partial charge on any atom is 0.325 e. The lowest BCUT2D eigenvalue weighted by atomic mass is 10.0. The number of carboxylic acid groups (broad SMARTS) is 1. The van der Waals surface area contributed by atoms with Crippen LogP contribution in [-0.4, -0.2) is 69.5 Å². The number of H-pyrrole nitrogens is 1. The van der Waals surface area contributed by atoms with Gasteiger partial charge in [0, 0.05) is 18.3 Å². The molecule has 3 amide bonds. The number of aromatic nitrogens is 2. The van der Waals surface area contributed by atoms with Crippen LogP contribution >= 0.6 is 0 Å². The van der Waals surface area contributed by atoms with E-state index in [1.54, 1.807) is 6.20 Å². The van der Waals surface area contributed by atoms with Crippen LogP contribution in [0.1, 0.15) is 45.7 Å². The Balaban J connectivity index is 2.11. The molecular weight excluding hydrogens is 404 g/mol. The Labute approximate surface area is 181 Å². The van der Waals surface area contributed by atoms with Gasteiger partial charge in [-0.05, 0) is 38.6 Å². The van der Waals surface area contributed by atoms with Crippen LogP contribution < -0.4 is 21.3 Å². The molecular formula is C20H32N6O5. The fourth-order valence-electron chi connectivity index (χ4n) is 3.36. The lowest BCUT2D eigenvalue weighted by Gasteiger charge is -2.25. The molecule has 6 N–H and O–H groups in total. The second kappa shape index (κ2) is 11.4. The molecule has 31 heavy (non-hydrogen) atoms. The third kappa shape index (κ3) is 7.67. The summed E-state index contributed by atoms with van der Waals surface area (Å²) < 4.78 is 0. The number of aliphatic carboxylic acids is 1. The highest BCUT2D eigenvalue weighted by Gasteiger charge is 2.31. The first-order valence-electron chi connectivity index (χ1n) is 10.5. The van der Waals surface area contributed by atoms with E-state index in [1.165, 1.54) is 13.3 Å². The predicted molar refractivity (Wildman–Crippen MR) is 112 cm³/mol. The number of nitrogens with one attached hydrogen (secondary N) is 5. The maximum absolute atomic E-state index is 13.1. The second-order valence-electron chi connectivity index (χ2n) is 8.25. The van der Waals surface area contributed by atoms with E-state index in [-0.39, 0.29) is 24.3 Å². The topological polar surface area (TPSA) is 165 Å². The van der Waals surface area contributed by atoms with E-state index >= 15 is 0 Å². The number of rotatable bonds is 11. The quantitative estimate of drug-likeness (QED) is 0.267. The number of hydrogen-bond donors (Lipinski definition) is 6. The van der Waals surface area contributed by atoms with Crippen molar-refractivity contribution in [3.05, 3.63) is 18.2 Å². The van der Waals surface area contributed by atoms with Gasteiger partial charge in [0.1, 0.15) is 18.1 Å². The first kappa shape index (κ1) is 24.3. The second-order valence-corrected chi connectivity index (χ2v) is 8.25. The van der Waals surface area contributed by atoms with Gasteiger partial charge in [-0.15, -0.1) is 0 Å². The Morgan fingerprint density at radius 3 is 2.39 bits per heavy atom. The lowest BCUT2D eigenvalue weighted by Crippen LogP contribution is -2.57. The number of amides is 3. The van der Waals surface area contributed by atoms with Gasteiger partial charge in [0.15, 0.2) is 0 Å². The summed E-state index contributed by atoms with van der Waals surface area (Å²) in [5.41, 5.74) is 0.657. The van der Waals surface area contributed by atoms with Crippen LogP contribution in [0.3, 0.4) is 0 Å². The van der Waals surface area contributed by atoms with Gasteiger partial charge in [0.2, 0.25) is 17.7 Å². The van der Waals surface area contributed by atoms with Crippen LogP contribution in [0.25, 0.3) is 0 Å². The van der Waals surface area contributed by atoms with Crippen LogP contribution in [0.15, 0.2) is 12.5 Å². The number of nitrogens with zero attached hydrogens (tertiary/aromatic N) is 1. The molecule has 1 aromatic rings. The molecule has 4 unspecified atom stereocenters. The van der Waals surface area contributed by atoms with Gasteiger partial charge in [0.25, 0.3) is 0 Å². The molecule has 2 heterocycles. The largest absolute Gasteiger partial charge is 0.480 e. The molecule has 0 spiro atoms. The van der Waals surface area contributed by atoms with Crippen LogP contribution in [-0.2, 0) is 25.6 Å². The highest BCUT2D eigenvalue weighted by atomic mass is 16.4. The zero-order valence-electron chi connectivity index (χ0n) is 18.1. The zero-order chi connectivity index (χ0) is 23.0. The van der Waals surface area contributed by atoms with Crippen molar-refractivity contribution in [2.24, 2.45) is 5.92 Å². The van der Waals surface area contributed by atoms with Crippen LogP contribution in [0, 0.1) is 5.92 Å². The van der Waals surface area contributed by atoms with Gasteiger partial charge in [-0.2, -0.15) is 0 Å². The van der Waals surface area contributed by atoms with Crippen molar-refractivity contribution in [3.63, 3.8) is 0 Å². The zero-order valence-corrected chi connectivity index (χ0v) is 18.1. The minimum absolute atomic E-state index is 0.0690. The van der Waals surface area contributed by atoms with Gasteiger partial charge in [-0.25, -0.2) is 4.98 Å². The number of imidazole rings is 1. The molecule has 172 valence electrons. The summed E-state index contributed by atoms with van der Waals surface area (Å²) in [5, 5.41) is 20.0. The minimum atomic E-state index is -1.17. The summed E-state index contributed by atoms with van der Waals surface area (Å²) >= 11 is 0. The van der Waals surface area contributed by atoms with Crippen molar-refractivity contribution in [1.82, 2.24) is 31.2 Å². The molecule has 1 aliphatic rings. The molecule has 0 bridgehead atoms. The van der Waals surface area contributed by atoms with Gasteiger partial charge >= 0.3 is 5.97 Å². The first-order chi connectivity index (χ1) is 14.7. The Morgan fingerprint density at radius 2 is 1.84 bits per heavy atom. The van der Waals surface area contributed by atoms with Gasteiger partial charge in [-0.1, -0.05) is 13.8 Å². The molecule has 11 nitrogen and oxygen atoms in total. The van der Waals surface area contributed by atoms with E-state index < -0.39 is 35.9 Å².